The van der Waals surface area contributed by atoms with Crippen molar-refractivity contribution in [2.24, 2.45) is 0 Å². The van der Waals surface area contributed by atoms with E-state index in [9.17, 15) is 9.59 Å². The first-order valence-corrected chi connectivity index (χ1v) is 13.3. The lowest BCUT2D eigenvalue weighted by Crippen LogP contribution is -2.05. The van der Waals surface area contributed by atoms with Gasteiger partial charge in [0.2, 0.25) is 11.6 Å². The fourth-order valence-corrected chi connectivity index (χ4v) is 7.00. The summed E-state index contributed by atoms with van der Waals surface area (Å²) in [6.45, 7) is 0. The maximum absolute atomic E-state index is 14.0. The zero-order valence-corrected chi connectivity index (χ0v) is 20.8. The molecule has 2 aliphatic rings. The fraction of sp³-hybridized carbons (Fsp3) is 0. The molecule has 0 N–H and O–H groups in total. The molecule has 172 valence electrons. The highest BCUT2D eigenvalue weighted by molar-refractivity contribution is 8.17. The van der Waals surface area contributed by atoms with E-state index in [1.807, 2.05) is 121 Å². The van der Waals surface area contributed by atoms with E-state index in [0.717, 1.165) is 32.1 Å². The summed E-state index contributed by atoms with van der Waals surface area (Å²) in [6, 6.07) is 39.3. The molecule has 4 heteroatoms. The van der Waals surface area contributed by atoms with Gasteiger partial charge in [-0.15, -0.1) is 0 Å². The van der Waals surface area contributed by atoms with Gasteiger partial charge in [0, 0.05) is 21.0 Å². The van der Waals surface area contributed by atoms with Crippen LogP contribution in [0.2, 0.25) is 0 Å². The summed E-state index contributed by atoms with van der Waals surface area (Å²) in [5.74, 6) is -0.190. The highest BCUT2D eigenvalue weighted by Crippen LogP contribution is 2.56. The van der Waals surface area contributed by atoms with E-state index in [-0.39, 0.29) is 11.6 Å². The number of hydrogen-bond acceptors (Lipinski definition) is 4. The summed E-state index contributed by atoms with van der Waals surface area (Å²) >= 11 is 2.82. The van der Waals surface area contributed by atoms with Gasteiger partial charge in [-0.2, -0.15) is 0 Å². The van der Waals surface area contributed by atoms with Crippen LogP contribution in [0.1, 0.15) is 22.3 Å². The molecule has 0 aliphatic carbocycles. The van der Waals surface area contributed by atoms with Gasteiger partial charge in [-0.3, -0.25) is 9.59 Å². The molecule has 0 saturated carbocycles. The van der Waals surface area contributed by atoms with Crippen LogP contribution in [0.15, 0.2) is 131 Å². The third-order valence-electron chi connectivity index (χ3n) is 6.13. The van der Waals surface area contributed by atoms with E-state index >= 15 is 0 Å². The first kappa shape index (κ1) is 22.6. The Bertz CT molecular complexity index is 1450. The third kappa shape index (κ3) is 3.98. The Morgan fingerprint density at radius 3 is 0.917 bits per heavy atom. The lowest BCUT2D eigenvalue weighted by atomic mass is 9.96. The van der Waals surface area contributed by atoms with Crippen molar-refractivity contribution in [3.8, 4) is 0 Å². The third-order valence-corrected chi connectivity index (χ3v) is 8.74. The molecule has 0 unspecified atom stereocenters. The second-order valence-corrected chi connectivity index (χ2v) is 10.4. The number of carbonyl (C=O) groups is 2. The van der Waals surface area contributed by atoms with Crippen LogP contribution in [-0.2, 0) is 9.59 Å². The second-order valence-electron chi connectivity index (χ2n) is 8.39. The van der Waals surface area contributed by atoms with Gasteiger partial charge in [0.15, 0.2) is 0 Å². The van der Waals surface area contributed by atoms with E-state index in [0.29, 0.717) is 21.0 Å². The Morgan fingerprint density at radius 1 is 0.333 bits per heavy atom. The molecular formula is C32H20O2S2. The second kappa shape index (κ2) is 9.65. The van der Waals surface area contributed by atoms with E-state index < -0.39 is 0 Å². The summed E-state index contributed by atoms with van der Waals surface area (Å²) < 4.78 is 0. The highest BCUT2D eigenvalue weighted by atomic mass is 32.2. The number of benzene rings is 4. The predicted molar refractivity (Wildman–Crippen MR) is 152 cm³/mol. The van der Waals surface area contributed by atoms with E-state index in [1.54, 1.807) is 0 Å². The number of ketones is 2. The van der Waals surface area contributed by atoms with Crippen LogP contribution in [-0.4, -0.2) is 11.6 Å². The minimum Gasteiger partial charge on any atom is -0.288 e. The number of allylic oxidation sites excluding steroid dienone is 4. The molecule has 4 aromatic rings. The van der Waals surface area contributed by atoms with Gasteiger partial charge in [-0.25, -0.2) is 0 Å². The molecule has 0 radical (unpaired) electrons. The van der Waals surface area contributed by atoms with Gasteiger partial charge < -0.3 is 0 Å². The van der Waals surface area contributed by atoms with E-state index in [2.05, 4.69) is 0 Å². The van der Waals surface area contributed by atoms with E-state index in [4.69, 9.17) is 0 Å². The van der Waals surface area contributed by atoms with Crippen molar-refractivity contribution in [3.05, 3.63) is 153 Å². The summed E-state index contributed by atoms with van der Waals surface area (Å²) in [7, 11) is 0. The van der Waals surface area contributed by atoms with Gasteiger partial charge in [-0.1, -0.05) is 145 Å². The van der Waals surface area contributed by atoms with Crippen molar-refractivity contribution in [2.45, 2.75) is 0 Å². The molecule has 4 aromatic carbocycles. The summed E-state index contributed by atoms with van der Waals surface area (Å²) in [4.78, 5) is 30.8. The van der Waals surface area contributed by atoms with Gasteiger partial charge in [0.1, 0.15) is 0 Å². The molecule has 0 aromatic heterocycles. The number of hydrogen-bond donors (Lipinski definition) is 0. The zero-order valence-electron chi connectivity index (χ0n) is 19.2. The van der Waals surface area contributed by atoms with Crippen LogP contribution in [0.4, 0.5) is 0 Å². The maximum atomic E-state index is 14.0. The van der Waals surface area contributed by atoms with Crippen LogP contribution < -0.4 is 0 Å². The van der Waals surface area contributed by atoms with Crippen LogP contribution in [0.25, 0.3) is 21.0 Å². The molecule has 36 heavy (non-hydrogen) atoms. The number of carbonyl (C=O) groups excluding carboxylic acids is 2. The zero-order chi connectivity index (χ0) is 24.5. The van der Waals surface area contributed by atoms with Crippen molar-refractivity contribution in [2.75, 3.05) is 0 Å². The largest absolute Gasteiger partial charge is 0.288 e. The smallest absolute Gasteiger partial charge is 0.202 e. The Morgan fingerprint density at radius 2 is 0.611 bits per heavy atom. The Kier molecular flexibility index (Phi) is 6.06. The van der Waals surface area contributed by atoms with Crippen LogP contribution in [0.5, 0.6) is 0 Å². The Labute approximate surface area is 218 Å². The first-order chi connectivity index (χ1) is 17.7. The molecule has 0 spiro atoms. The quantitative estimate of drug-likeness (QED) is 0.266. The van der Waals surface area contributed by atoms with Gasteiger partial charge in [-0.05, 0) is 22.3 Å². The van der Waals surface area contributed by atoms with Crippen molar-refractivity contribution < 1.29 is 9.59 Å². The molecule has 0 atom stereocenters. The molecule has 0 saturated heterocycles. The molecule has 6 rings (SSSR count). The predicted octanol–water partition coefficient (Wildman–Crippen LogP) is 7.97. The van der Waals surface area contributed by atoms with Crippen molar-refractivity contribution in [3.63, 3.8) is 0 Å². The van der Waals surface area contributed by atoms with Crippen LogP contribution >= 0.6 is 23.5 Å². The average molecular weight is 501 g/mol. The van der Waals surface area contributed by atoms with Crippen molar-refractivity contribution in [1.29, 1.82) is 0 Å². The monoisotopic (exact) mass is 500 g/mol. The Balaban J connectivity index is 1.50. The lowest BCUT2D eigenvalue weighted by molar-refractivity contribution is -0.111. The number of thioether (sulfide) groups is 2. The number of Topliss-reactive ketones (excluding diaryl/α,β-unsaturated/α-hetero) is 2. The van der Waals surface area contributed by atoms with Crippen molar-refractivity contribution in [1.82, 2.24) is 0 Å². The standard InChI is InChI=1S/C32H20O2S2/c33-27-25(21-13-5-1-6-14-21)29(23-17-9-3-10-18-23)35-31(27)32-28(34)26(22-15-7-2-8-16-22)30(36-32)24-19-11-4-12-20-24/h1-20H/b32-31+. The van der Waals surface area contributed by atoms with Gasteiger partial charge in [0.25, 0.3) is 0 Å². The molecule has 2 heterocycles. The van der Waals surface area contributed by atoms with E-state index in [1.165, 1.54) is 23.5 Å². The average Bonchev–Trinajstić information content (AvgIpc) is 3.47. The SMILES string of the molecule is O=C1C(c2ccccc2)=C(c2ccccc2)S/C1=C1/SC(c2ccccc2)=C(c2ccccc2)C1=O. The van der Waals surface area contributed by atoms with Crippen molar-refractivity contribution >= 4 is 56.0 Å². The lowest BCUT2D eigenvalue weighted by Gasteiger charge is -2.05. The first-order valence-electron chi connectivity index (χ1n) is 11.6. The summed E-state index contributed by atoms with van der Waals surface area (Å²) in [6.07, 6.45) is 0. The van der Waals surface area contributed by atoms with Crippen LogP contribution in [0, 0.1) is 0 Å². The highest BCUT2D eigenvalue weighted by Gasteiger charge is 2.40. The fourth-order valence-electron chi connectivity index (χ4n) is 4.45. The molecular weight excluding hydrogens is 480 g/mol. The molecule has 0 bridgehead atoms. The molecule has 0 amide bonds. The molecule has 2 nitrogen and oxygen atoms in total. The summed E-state index contributed by atoms with van der Waals surface area (Å²) in [5.41, 5.74) is 4.97. The Hall–Kier alpha value is -3.86. The van der Waals surface area contributed by atoms with Gasteiger partial charge >= 0.3 is 0 Å². The van der Waals surface area contributed by atoms with Gasteiger partial charge in [0.05, 0.1) is 9.81 Å². The molecule has 2 aliphatic heterocycles. The minimum absolute atomic E-state index is 0.0948. The number of rotatable bonds is 4. The summed E-state index contributed by atoms with van der Waals surface area (Å²) in [5, 5.41) is 0. The normalized spacial score (nSPS) is 17.9. The topological polar surface area (TPSA) is 34.1 Å². The van der Waals surface area contributed by atoms with Crippen LogP contribution in [0.3, 0.4) is 0 Å². The minimum atomic E-state index is -0.0948. The molecule has 0 fully saturated rings. The maximum Gasteiger partial charge on any atom is 0.202 e.